The number of hydrogen-bond donors (Lipinski definition) is 1. The van der Waals surface area contributed by atoms with E-state index in [4.69, 9.17) is 0 Å². The van der Waals surface area contributed by atoms with Crippen LogP contribution < -0.4 is 5.32 Å². The second kappa shape index (κ2) is 8.94. The average Bonchev–Trinajstić information content (AvgIpc) is 3.21. The Morgan fingerprint density at radius 3 is 2.77 bits per heavy atom. The molecule has 3 rings (SSSR count). The van der Waals surface area contributed by atoms with Gasteiger partial charge in [0.2, 0.25) is 5.91 Å². The zero-order valence-corrected chi connectivity index (χ0v) is 15.0. The summed E-state index contributed by atoms with van der Waals surface area (Å²) in [5.74, 6) is 1.24. The van der Waals surface area contributed by atoms with Crippen molar-refractivity contribution in [3.63, 3.8) is 0 Å². The van der Waals surface area contributed by atoms with Gasteiger partial charge in [-0.2, -0.15) is 0 Å². The average molecular weight is 348 g/mol. The van der Waals surface area contributed by atoms with Gasteiger partial charge in [0.15, 0.2) is 0 Å². The highest BCUT2D eigenvalue weighted by atomic mass is 16.1. The van der Waals surface area contributed by atoms with Crippen LogP contribution in [0, 0.1) is 5.92 Å². The zero-order chi connectivity index (χ0) is 18.2. The van der Waals surface area contributed by atoms with Crippen LogP contribution in [0.15, 0.2) is 67.4 Å². The molecule has 0 aliphatic rings. The summed E-state index contributed by atoms with van der Waals surface area (Å²) in [5, 5.41) is 3.01. The Balaban J connectivity index is 1.44. The number of benzene rings is 1. The van der Waals surface area contributed by atoms with Gasteiger partial charge < -0.3 is 5.32 Å². The molecule has 0 unspecified atom stereocenters. The third-order valence-corrected chi connectivity index (χ3v) is 4.37. The number of amides is 1. The van der Waals surface area contributed by atoms with E-state index in [1.807, 2.05) is 29.0 Å². The Kier molecular flexibility index (Phi) is 6.14. The fraction of sp³-hybridized carbons (Fsp3) is 0.286. The normalized spacial score (nSPS) is 11.9. The van der Waals surface area contributed by atoms with E-state index >= 15 is 0 Å². The van der Waals surface area contributed by atoms with Gasteiger partial charge in [-0.3, -0.25) is 9.36 Å². The van der Waals surface area contributed by atoms with Gasteiger partial charge in [-0.05, 0) is 42.0 Å². The van der Waals surface area contributed by atoms with Crippen LogP contribution in [0.1, 0.15) is 30.9 Å². The molecule has 0 aliphatic carbocycles. The highest BCUT2D eigenvalue weighted by Gasteiger charge is 2.09. The predicted octanol–water partition coefficient (Wildman–Crippen LogP) is 3.54. The number of carbonyl (C=O) groups excluding carboxylic acids is 1. The van der Waals surface area contributed by atoms with Gasteiger partial charge in [-0.25, -0.2) is 9.97 Å². The molecule has 0 saturated heterocycles. The number of carbonyl (C=O) groups is 1. The molecule has 3 aromatic rings. The molecule has 1 amide bonds. The van der Waals surface area contributed by atoms with Gasteiger partial charge >= 0.3 is 0 Å². The van der Waals surface area contributed by atoms with Crippen LogP contribution in [0.5, 0.6) is 0 Å². The summed E-state index contributed by atoms with van der Waals surface area (Å²) in [6.45, 7) is 2.64. The smallest absolute Gasteiger partial charge is 0.220 e. The molecule has 0 bridgehead atoms. The second-order valence-electron chi connectivity index (χ2n) is 6.60. The molecule has 1 N–H and O–H groups in total. The van der Waals surface area contributed by atoms with Crippen LogP contribution in [-0.2, 0) is 17.8 Å². The summed E-state index contributed by atoms with van der Waals surface area (Å²) in [7, 11) is 0. The van der Waals surface area contributed by atoms with Gasteiger partial charge in [0.1, 0.15) is 12.1 Å². The summed E-state index contributed by atoms with van der Waals surface area (Å²) < 4.78 is 1.84. The van der Waals surface area contributed by atoms with Crippen LogP contribution in [0.3, 0.4) is 0 Å². The second-order valence-corrected chi connectivity index (χ2v) is 6.60. The van der Waals surface area contributed by atoms with Crippen molar-refractivity contribution in [2.24, 2.45) is 5.92 Å². The Hall–Kier alpha value is -2.95. The minimum atomic E-state index is 0.0894. The Labute approximate surface area is 154 Å². The number of aryl methyl sites for hydroxylation is 1. The highest BCUT2D eigenvalue weighted by Crippen LogP contribution is 2.13. The van der Waals surface area contributed by atoms with Crippen LogP contribution in [0.2, 0.25) is 0 Å². The quantitative estimate of drug-likeness (QED) is 0.677. The van der Waals surface area contributed by atoms with Crippen LogP contribution >= 0.6 is 0 Å². The van der Waals surface area contributed by atoms with E-state index < -0.39 is 0 Å². The molecule has 1 atom stereocenters. The largest absolute Gasteiger partial charge is 0.352 e. The van der Waals surface area contributed by atoms with Crippen molar-refractivity contribution in [1.82, 2.24) is 19.9 Å². The summed E-state index contributed by atoms with van der Waals surface area (Å²) in [5.41, 5.74) is 2.34. The number of pyridine rings is 1. The fourth-order valence-corrected chi connectivity index (χ4v) is 2.86. The van der Waals surface area contributed by atoms with Crippen molar-refractivity contribution in [1.29, 1.82) is 0 Å². The van der Waals surface area contributed by atoms with Crippen molar-refractivity contribution < 1.29 is 4.79 Å². The monoisotopic (exact) mass is 348 g/mol. The molecular weight excluding hydrogens is 324 g/mol. The lowest BCUT2D eigenvalue weighted by Gasteiger charge is -2.12. The van der Waals surface area contributed by atoms with Gasteiger partial charge in [0.05, 0.1) is 0 Å². The lowest BCUT2D eigenvalue weighted by Crippen LogP contribution is -2.24. The van der Waals surface area contributed by atoms with E-state index in [9.17, 15) is 4.79 Å². The van der Waals surface area contributed by atoms with E-state index in [2.05, 4.69) is 46.5 Å². The minimum Gasteiger partial charge on any atom is -0.352 e. The molecule has 5 nitrogen and oxygen atoms in total. The molecule has 1 aromatic carbocycles. The first kappa shape index (κ1) is 17.9. The van der Waals surface area contributed by atoms with Gasteiger partial charge in [-0.1, -0.05) is 37.3 Å². The Bertz CT molecular complexity index is 815. The SMILES string of the molecule is C[C@H](CCc1ccccc1)CC(=O)NCc1ccnc(-n2ccnc2)c1. The van der Waals surface area contributed by atoms with Crippen LogP contribution in [0.25, 0.3) is 5.82 Å². The molecule has 134 valence electrons. The number of rotatable bonds is 8. The molecule has 2 heterocycles. The Morgan fingerprint density at radius 2 is 2.00 bits per heavy atom. The summed E-state index contributed by atoms with van der Waals surface area (Å²) >= 11 is 0. The molecule has 26 heavy (non-hydrogen) atoms. The highest BCUT2D eigenvalue weighted by molar-refractivity contribution is 5.76. The van der Waals surface area contributed by atoms with Crippen molar-refractivity contribution in [2.45, 2.75) is 32.7 Å². The fourth-order valence-electron chi connectivity index (χ4n) is 2.86. The van der Waals surface area contributed by atoms with Crippen molar-refractivity contribution in [3.8, 4) is 5.82 Å². The first-order valence-electron chi connectivity index (χ1n) is 8.94. The van der Waals surface area contributed by atoms with E-state index in [0.29, 0.717) is 18.9 Å². The molecule has 0 aliphatic heterocycles. The van der Waals surface area contributed by atoms with Gasteiger partial charge in [0.25, 0.3) is 0 Å². The molecular formula is C21H24N4O. The third-order valence-electron chi connectivity index (χ3n) is 4.37. The van der Waals surface area contributed by atoms with Crippen molar-refractivity contribution in [3.05, 3.63) is 78.5 Å². The first-order valence-corrected chi connectivity index (χ1v) is 8.94. The van der Waals surface area contributed by atoms with Gasteiger partial charge in [-0.15, -0.1) is 0 Å². The van der Waals surface area contributed by atoms with E-state index in [1.54, 1.807) is 18.7 Å². The van der Waals surface area contributed by atoms with Gasteiger partial charge in [0, 0.05) is 31.6 Å². The first-order chi connectivity index (χ1) is 12.7. The zero-order valence-electron chi connectivity index (χ0n) is 15.0. The maximum atomic E-state index is 12.2. The minimum absolute atomic E-state index is 0.0894. The molecule has 0 radical (unpaired) electrons. The van der Waals surface area contributed by atoms with Crippen molar-refractivity contribution >= 4 is 5.91 Å². The van der Waals surface area contributed by atoms with E-state index in [-0.39, 0.29) is 5.91 Å². The van der Waals surface area contributed by atoms with Crippen molar-refractivity contribution in [2.75, 3.05) is 0 Å². The summed E-state index contributed by atoms with van der Waals surface area (Å²) in [4.78, 5) is 20.6. The molecule has 2 aromatic heterocycles. The summed E-state index contributed by atoms with van der Waals surface area (Å²) in [6.07, 6.45) is 9.59. The molecule has 0 spiro atoms. The molecule has 5 heteroatoms. The number of nitrogens with one attached hydrogen (secondary N) is 1. The van der Waals surface area contributed by atoms with E-state index in [0.717, 1.165) is 24.2 Å². The Morgan fingerprint density at radius 1 is 1.15 bits per heavy atom. The van der Waals surface area contributed by atoms with Crippen LogP contribution in [-0.4, -0.2) is 20.4 Å². The maximum Gasteiger partial charge on any atom is 0.220 e. The number of aromatic nitrogens is 3. The van der Waals surface area contributed by atoms with E-state index in [1.165, 1.54) is 5.56 Å². The lowest BCUT2D eigenvalue weighted by atomic mass is 9.98. The maximum absolute atomic E-state index is 12.2. The lowest BCUT2D eigenvalue weighted by molar-refractivity contribution is -0.122. The van der Waals surface area contributed by atoms with Crippen LogP contribution in [0.4, 0.5) is 0 Å². The molecule has 0 saturated carbocycles. The number of hydrogen-bond acceptors (Lipinski definition) is 3. The molecule has 0 fully saturated rings. The number of nitrogens with zero attached hydrogens (tertiary/aromatic N) is 3. The predicted molar refractivity (Wildman–Crippen MR) is 102 cm³/mol. The summed E-state index contributed by atoms with van der Waals surface area (Å²) in [6, 6.07) is 14.3. The third kappa shape index (κ3) is 5.28. The number of imidazole rings is 1. The topological polar surface area (TPSA) is 59.8 Å². The standard InChI is InChI=1S/C21H24N4O/c1-17(7-8-18-5-3-2-4-6-18)13-21(26)24-15-19-9-10-23-20(14-19)25-12-11-22-16-25/h2-6,9-12,14,16-17H,7-8,13,15H2,1H3,(H,24,26)/t17-/m1/s1.